The van der Waals surface area contributed by atoms with Crippen LogP contribution in [0.1, 0.15) is 75.6 Å². The molecule has 4 N–H and O–H groups in total. The Morgan fingerprint density at radius 1 is 0.575 bits per heavy atom. The molecule has 6 atom stereocenters. The van der Waals surface area contributed by atoms with Crippen LogP contribution in [0, 0.1) is 11.8 Å². The Balaban J connectivity index is 1.80. The van der Waals surface area contributed by atoms with Gasteiger partial charge in [-0.25, -0.2) is 0 Å². The quantitative estimate of drug-likeness (QED) is 0.244. The molecule has 0 aromatic heterocycles. The summed E-state index contributed by atoms with van der Waals surface area (Å²) in [4.78, 5) is 25.0. The fraction of sp³-hybridized carbons (Fsp3) is 0.562. The second-order valence-corrected chi connectivity index (χ2v) is 11.5. The molecule has 0 bridgehead atoms. The molecule has 8 nitrogen and oxygen atoms in total. The normalized spacial score (nSPS) is 16.2. The van der Waals surface area contributed by atoms with Gasteiger partial charge in [0.25, 0.3) is 0 Å². The third-order valence-electron chi connectivity index (χ3n) is 6.89. The molecule has 0 saturated carbocycles. The molecule has 0 fully saturated rings. The van der Waals surface area contributed by atoms with Gasteiger partial charge in [0.2, 0.25) is 0 Å². The molecule has 2 aromatic rings. The van der Waals surface area contributed by atoms with Gasteiger partial charge in [0.1, 0.15) is 37.6 Å². The van der Waals surface area contributed by atoms with Crippen LogP contribution in [0.25, 0.3) is 0 Å². The molecule has 0 heterocycles. The van der Waals surface area contributed by atoms with E-state index in [1.165, 1.54) is 11.1 Å². The first-order chi connectivity index (χ1) is 18.8. The third kappa shape index (κ3) is 10.3. The predicted molar refractivity (Wildman–Crippen MR) is 153 cm³/mol. The summed E-state index contributed by atoms with van der Waals surface area (Å²) in [5.41, 5.74) is 3.85. The highest BCUT2D eigenvalue weighted by molar-refractivity contribution is 5.78. The Hall–Kier alpha value is -2.78. The summed E-state index contributed by atoms with van der Waals surface area (Å²) in [6, 6.07) is 15.3. The van der Waals surface area contributed by atoms with Gasteiger partial charge in [-0.3, -0.25) is 9.59 Å². The molecule has 8 heteroatoms. The lowest BCUT2D eigenvalue weighted by atomic mass is 9.97. The Labute approximate surface area is 238 Å². The summed E-state index contributed by atoms with van der Waals surface area (Å²) < 4.78 is 10.3. The van der Waals surface area contributed by atoms with E-state index >= 15 is 0 Å². The van der Waals surface area contributed by atoms with Crippen molar-refractivity contribution in [3.05, 3.63) is 70.8 Å². The highest BCUT2D eigenvalue weighted by Gasteiger charge is 2.33. The highest BCUT2D eigenvalue weighted by atomic mass is 16.6. The summed E-state index contributed by atoms with van der Waals surface area (Å²) in [6.45, 7) is 10.7. The summed E-state index contributed by atoms with van der Waals surface area (Å²) in [7, 11) is 0. The number of carbonyl (C=O) groups excluding carboxylic acids is 2. The fourth-order valence-corrected chi connectivity index (χ4v) is 4.34. The minimum Gasteiger partial charge on any atom is -0.462 e. The standard InChI is InChI=1S/C32H46O8/c1-19(2)15-23-7-11-25(12-8-23)21(5)31(37)39-17-27(33)29(35)30(36)28(34)18-40-32(38)22(6)26-13-9-24(10-14-26)16-20(3)4/h7-14,19-22,27-30,33-36H,15-18H2,1-6H3/t21?,22?,27-,28+,29-,30-/m1/s1. The summed E-state index contributed by atoms with van der Waals surface area (Å²) in [6.07, 6.45) is -5.12. The molecule has 40 heavy (non-hydrogen) atoms. The van der Waals surface area contributed by atoms with Gasteiger partial charge in [0.15, 0.2) is 0 Å². The zero-order valence-electron chi connectivity index (χ0n) is 24.5. The zero-order valence-corrected chi connectivity index (χ0v) is 24.5. The van der Waals surface area contributed by atoms with Crippen LogP contribution in [0.5, 0.6) is 0 Å². The number of rotatable bonds is 15. The monoisotopic (exact) mass is 558 g/mol. The maximum absolute atomic E-state index is 12.5. The number of benzene rings is 2. The lowest BCUT2D eigenvalue weighted by Gasteiger charge is -2.26. The number of carbonyl (C=O) groups is 2. The van der Waals surface area contributed by atoms with Crippen LogP contribution in [-0.2, 0) is 31.9 Å². The lowest BCUT2D eigenvalue weighted by Crippen LogP contribution is -2.48. The van der Waals surface area contributed by atoms with Crippen molar-refractivity contribution in [1.82, 2.24) is 0 Å². The SMILES string of the molecule is CC(C)Cc1ccc(C(C)C(=O)OC[C@@H](O)[C@@H](O)[C@H](O)[C@@H](O)COC(=O)C(C)c2ccc(CC(C)C)cc2)cc1. The van der Waals surface area contributed by atoms with E-state index in [0.717, 1.165) is 24.0 Å². The molecule has 0 aliphatic heterocycles. The molecule has 2 unspecified atom stereocenters. The molecule has 0 aliphatic rings. The minimum atomic E-state index is -1.84. The number of esters is 2. The number of hydrogen-bond donors (Lipinski definition) is 4. The highest BCUT2D eigenvalue weighted by Crippen LogP contribution is 2.21. The van der Waals surface area contributed by atoms with E-state index in [1.54, 1.807) is 13.8 Å². The minimum absolute atomic E-state index is 0.517. The number of aliphatic hydroxyl groups excluding tert-OH is 4. The smallest absolute Gasteiger partial charge is 0.313 e. The van der Waals surface area contributed by atoms with Gasteiger partial charge in [0, 0.05) is 0 Å². The van der Waals surface area contributed by atoms with Crippen molar-refractivity contribution >= 4 is 11.9 Å². The van der Waals surface area contributed by atoms with Crippen molar-refractivity contribution in [3.63, 3.8) is 0 Å². The second kappa shape index (κ2) is 15.9. The third-order valence-corrected chi connectivity index (χ3v) is 6.89. The van der Waals surface area contributed by atoms with Crippen LogP contribution >= 0.6 is 0 Å². The van der Waals surface area contributed by atoms with Gasteiger partial charge in [-0.15, -0.1) is 0 Å². The van der Waals surface area contributed by atoms with E-state index in [4.69, 9.17) is 9.47 Å². The molecular weight excluding hydrogens is 512 g/mol. The van der Waals surface area contributed by atoms with Gasteiger partial charge < -0.3 is 29.9 Å². The summed E-state index contributed by atoms with van der Waals surface area (Å²) >= 11 is 0. The van der Waals surface area contributed by atoms with E-state index in [2.05, 4.69) is 27.7 Å². The molecule has 2 aromatic carbocycles. The largest absolute Gasteiger partial charge is 0.462 e. The molecule has 0 aliphatic carbocycles. The van der Waals surface area contributed by atoms with Crippen LogP contribution in [0.3, 0.4) is 0 Å². The van der Waals surface area contributed by atoms with Crippen molar-refractivity contribution in [3.8, 4) is 0 Å². The van der Waals surface area contributed by atoms with E-state index in [0.29, 0.717) is 11.8 Å². The van der Waals surface area contributed by atoms with Crippen LogP contribution in [0.15, 0.2) is 48.5 Å². The van der Waals surface area contributed by atoms with E-state index < -0.39 is 61.4 Å². The molecule has 0 saturated heterocycles. The van der Waals surface area contributed by atoms with Crippen molar-refractivity contribution < 1.29 is 39.5 Å². The maximum Gasteiger partial charge on any atom is 0.313 e. The number of aliphatic hydroxyl groups is 4. The molecule has 222 valence electrons. The summed E-state index contributed by atoms with van der Waals surface area (Å²) in [5, 5.41) is 41.0. The van der Waals surface area contributed by atoms with Crippen LogP contribution < -0.4 is 0 Å². The first-order valence-electron chi connectivity index (χ1n) is 14.0. The molecule has 0 spiro atoms. The number of ether oxygens (including phenoxy) is 2. The Kier molecular flexibility index (Phi) is 13.3. The first kappa shape index (κ1) is 33.4. The van der Waals surface area contributed by atoms with Crippen molar-refractivity contribution in [2.75, 3.05) is 13.2 Å². The zero-order chi connectivity index (χ0) is 30.0. The average molecular weight is 559 g/mol. The van der Waals surface area contributed by atoms with Crippen LogP contribution in [0.2, 0.25) is 0 Å². The van der Waals surface area contributed by atoms with E-state index in [-0.39, 0.29) is 0 Å². The predicted octanol–water partition coefficient (Wildman–Crippen LogP) is 3.52. The second-order valence-electron chi connectivity index (χ2n) is 11.5. The lowest BCUT2D eigenvalue weighted by molar-refractivity contribution is -0.163. The van der Waals surface area contributed by atoms with Crippen LogP contribution in [0.4, 0.5) is 0 Å². The Morgan fingerprint density at radius 2 is 0.875 bits per heavy atom. The molecule has 0 amide bonds. The van der Waals surface area contributed by atoms with Gasteiger partial charge in [0.05, 0.1) is 11.8 Å². The van der Waals surface area contributed by atoms with E-state index in [1.807, 2.05) is 48.5 Å². The molecular formula is C32H46O8. The summed E-state index contributed by atoms with van der Waals surface area (Å²) in [5.74, 6) is -1.36. The Bertz CT molecular complexity index is 962. The Morgan fingerprint density at radius 3 is 1.15 bits per heavy atom. The average Bonchev–Trinajstić information content (AvgIpc) is 2.92. The van der Waals surface area contributed by atoms with Gasteiger partial charge in [-0.05, 0) is 60.8 Å². The van der Waals surface area contributed by atoms with Gasteiger partial charge in [-0.1, -0.05) is 76.2 Å². The van der Waals surface area contributed by atoms with Gasteiger partial charge >= 0.3 is 11.9 Å². The maximum atomic E-state index is 12.5. The van der Waals surface area contributed by atoms with Crippen molar-refractivity contribution in [2.45, 2.75) is 90.6 Å². The number of hydrogen-bond acceptors (Lipinski definition) is 8. The van der Waals surface area contributed by atoms with Crippen molar-refractivity contribution in [1.29, 1.82) is 0 Å². The van der Waals surface area contributed by atoms with Crippen molar-refractivity contribution in [2.24, 2.45) is 11.8 Å². The molecule has 2 rings (SSSR count). The van der Waals surface area contributed by atoms with E-state index in [9.17, 15) is 30.0 Å². The fourth-order valence-electron chi connectivity index (χ4n) is 4.34. The first-order valence-corrected chi connectivity index (χ1v) is 14.0. The van der Waals surface area contributed by atoms with Gasteiger partial charge in [-0.2, -0.15) is 0 Å². The molecule has 0 radical (unpaired) electrons. The topological polar surface area (TPSA) is 134 Å². The van der Waals surface area contributed by atoms with Crippen LogP contribution in [-0.4, -0.2) is 70.0 Å².